The van der Waals surface area contributed by atoms with E-state index in [2.05, 4.69) is 10.6 Å². The van der Waals surface area contributed by atoms with Crippen molar-refractivity contribution in [1.29, 1.82) is 0 Å². The molecule has 0 saturated heterocycles. The van der Waals surface area contributed by atoms with Crippen LogP contribution in [0.15, 0.2) is 36.4 Å². The molecular formula is C31H42N4O5. The Balaban J connectivity index is 1.94. The number of hydrogen-bond acceptors (Lipinski definition) is 9. The number of carbonyl (C=O) groups is 3. The van der Waals surface area contributed by atoms with E-state index in [0.29, 0.717) is 37.1 Å². The van der Waals surface area contributed by atoms with Crippen LogP contribution in [0.1, 0.15) is 74.3 Å². The summed E-state index contributed by atoms with van der Waals surface area (Å²) in [5.41, 5.74) is 13.7. The Morgan fingerprint density at radius 1 is 0.725 bits per heavy atom. The van der Waals surface area contributed by atoms with E-state index in [1.165, 1.54) is 14.2 Å². The van der Waals surface area contributed by atoms with E-state index in [-0.39, 0.29) is 12.8 Å². The first-order valence-corrected chi connectivity index (χ1v) is 14.1. The Hall–Kier alpha value is -3.75. The van der Waals surface area contributed by atoms with Gasteiger partial charge in [-0.15, -0.1) is 0 Å². The van der Waals surface area contributed by atoms with E-state index in [9.17, 15) is 9.59 Å². The first-order chi connectivity index (χ1) is 19.2. The van der Waals surface area contributed by atoms with Crippen molar-refractivity contribution in [2.24, 2.45) is 10.8 Å². The number of methoxy groups -OCH3 is 2. The highest BCUT2D eigenvalue weighted by Gasteiger charge is 2.65. The quantitative estimate of drug-likeness (QED) is 0.206. The molecule has 0 amide bonds. The Labute approximate surface area is 236 Å². The predicted octanol–water partition coefficient (Wildman–Crippen LogP) is 4.84. The molecule has 9 nitrogen and oxygen atoms in total. The van der Waals surface area contributed by atoms with Crippen molar-refractivity contribution < 1.29 is 23.9 Å². The summed E-state index contributed by atoms with van der Waals surface area (Å²) in [6.07, 6.45) is 4.73. The molecule has 4 atom stereocenters. The molecule has 9 heteroatoms. The number of nitrogen functional groups attached to an aromatic ring is 2. The highest BCUT2D eigenvalue weighted by atomic mass is 16.5. The Morgan fingerprint density at radius 3 is 1.45 bits per heavy atom. The topological polar surface area (TPSA) is 146 Å². The molecule has 0 spiro atoms. The van der Waals surface area contributed by atoms with Crippen molar-refractivity contribution in [1.82, 2.24) is 0 Å². The summed E-state index contributed by atoms with van der Waals surface area (Å²) >= 11 is 0. The molecule has 2 aliphatic carbocycles. The average molecular weight is 551 g/mol. The first kappa shape index (κ1) is 29.2. The normalized spacial score (nSPS) is 26.4. The van der Waals surface area contributed by atoms with Crippen LogP contribution in [0.4, 0.5) is 22.7 Å². The molecule has 0 radical (unpaired) electrons. The maximum absolute atomic E-state index is 15.3. The summed E-state index contributed by atoms with van der Waals surface area (Å²) in [4.78, 5) is 43.2. The van der Waals surface area contributed by atoms with Crippen LogP contribution in [0.5, 0.6) is 0 Å². The molecule has 0 aromatic heterocycles. The third-order valence-electron chi connectivity index (χ3n) is 9.22. The Morgan fingerprint density at radius 2 is 1.12 bits per heavy atom. The molecule has 0 bridgehead atoms. The summed E-state index contributed by atoms with van der Waals surface area (Å²) in [6.45, 7) is 0. The summed E-state index contributed by atoms with van der Waals surface area (Å²) < 4.78 is 10.8. The second-order valence-electron chi connectivity index (χ2n) is 11.0. The van der Waals surface area contributed by atoms with Crippen molar-refractivity contribution in [3.05, 3.63) is 47.5 Å². The fraction of sp³-hybridized carbons (Fsp3) is 0.516. The number of rotatable bonds is 8. The van der Waals surface area contributed by atoms with Crippen molar-refractivity contribution in [3.63, 3.8) is 0 Å². The van der Waals surface area contributed by atoms with Gasteiger partial charge in [-0.05, 0) is 61.1 Å². The zero-order valence-electron chi connectivity index (χ0n) is 24.0. The zero-order chi connectivity index (χ0) is 29.1. The molecule has 2 fully saturated rings. The molecule has 2 saturated carbocycles. The number of nitrogens with two attached hydrogens (primary N) is 2. The fourth-order valence-electron chi connectivity index (χ4n) is 7.28. The SMILES string of the molecule is CNc1ccc(C2CCCCC2(C(=O)OC)C(=O)C2(C(=O)OC)CCCCC2c2ccc(NC)c(N)c2)cc1N. The van der Waals surface area contributed by atoms with Crippen molar-refractivity contribution in [2.45, 2.75) is 63.2 Å². The number of nitrogens with one attached hydrogen (secondary N) is 2. The van der Waals surface area contributed by atoms with Gasteiger partial charge in [0.05, 0.1) is 37.0 Å². The molecule has 0 heterocycles. The zero-order valence-corrected chi connectivity index (χ0v) is 24.0. The summed E-state index contributed by atoms with van der Waals surface area (Å²) in [5, 5.41) is 6.12. The third-order valence-corrected chi connectivity index (χ3v) is 9.22. The molecule has 6 N–H and O–H groups in total. The fourth-order valence-corrected chi connectivity index (χ4v) is 7.28. The molecule has 0 aliphatic heterocycles. The Kier molecular flexibility index (Phi) is 8.61. The van der Waals surface area contributed by atoms with Crippen molar-refractivity contribution in [2.75, 3.05) is 50.4 Å². The lowest BCUT2D eigenvalue weighted by Gasteiger charge is -2.49. The monoisotopic (exact) mass is 550 g/mol. The standard InChI is InChI=1S/C31H42N4O5/c1-34-25-13-11-19(17-23(25)32)21-9-5-7-15-30(21,28(37)39-3)27(36)31(29(38)40-4)16-8-6-10-22(31)20-12-14-26(35-2)24(33)18-20/h11-14,17-18,21-22,34-35H,5-10,15-16,32-33H2,1-4H3. The molecule has 2 aromatic rings. The van der Waals surface area contributed by atoms with Gasteiger partial charge >= 0.3 is 11.9 Å². The summed E-state index contributed by atoms with van der Waals surface area (Å²) in [7, 11) is 6.19. The van der Waals surface area contributed by atoms with Crippen LogP contribution >= 0.6 is 0 Å². The van der Waals surface area contributed by atoms with Gasteiger partial charge in [0.15, 0.2) is 5.78 Å². The maximum Gasteiger partial charge on any atom is 0.320 e. The van der Waals surface area contributed by atoms with Gasteiger partial charge in [0.1, 0.15) is 10.8 Å². The van der Waals surface area contributed by atoms with Crippen LogP contribution in [0.3, 0.4) is 0 Å². The maximum atomic E-state index is 15.3. The smallest absolute Gasteiger partial charge is 0.320 e. The van der Waals surface area contributed by atoms with E-state index in [4.69, 9.17) is 20.9 Å². The minimum atomic E-state index is -1.57. The van der Waals surface area contributed by atoms with Gasteiger partial charge in [-0.3, -0.25) is 14.4 Å². The summed E-state index contributed by atoms with van der Waals surface area (Å²) in [5.74, 6) is -2.65. The van der Waals surface area contributed by atoms with Crippen molar-refractivity contribution >= 4 is 40.5 Å². The van der Waals surface area contributed by atoms with Crippen LogP contribution in [0.2, 0.25) is 0 Å². The number of hydrogen-bond donors (Lipinski definition) is 4. The molecule has 4 rings (SSSR count). The number of Topliss-reactive ketones (excluding diaryl/α,β-unsaturated/α-hetero) is 1. The van der Waals surface area contributed by atoms with E-state index in [1.807, 2.05) is 36.4 Å². The Bertz CT molecular complexity index is 1180. The number of ether oxygens (including phenoxy) is 2. The van der Waals surface area contributed by atoms with E-state index >= 15 is 4.79 Å². The minimum Gasteiger partial charge on any atom is -0.468 e. The van der Waals surface area contributed by atoms with Crippen LogP contribution < -0.4 is 22.1 Å². The van der Waals surface area contributed by atoms with Crippen LogP contribution in [-0.2, 0) is 23.9 Å². The highest BCUT2D eigenvalue weighted by molar-refractivity contribution is 6.16. The molecular weight excluding hydrogens is 508 g/mol. The van der Waals surface area contributed by atoms with Gasteiger partial charge in [-0.25, -0.2) is 0 Å². The number of anilines is 4. The second-order valence-corrected chi connectivity index (χ2v) is 11.0. The van der Waals surface area contributed by atoms with E-state index in [1.54, 1.807) is 14.1 Å². The third kappa shape index (κ3) is 4.65. The van der Waals surface area contributed by atoms with Gasteiger partial charge in [0.2, 0.25) is 0 Å². The lowest BCUT2D eigenvalue weighted by molar-refractivity contribution is -0.175. The largest absolute Gasteiger partial charge is 0.468 e. The molecule has 216 valence electrons. The van der Waals surface area contributed by atoms with Gasteiger partial charge < -0.3 is 31.6 Å². The van der Waals surface area contributed by atoms with Gasteiger partial charge in [-0.2, -0.15) is 0 Å². The van der Waals surface area contributed by atoms with Gasteiger partial charge in [0.25, 0.3) is 0 Å². The molecule has 4 unspecified atom stereocenters. The van der Waals surface area contributed by atoms with Gasteiger partial charge in [0, 0.05) is 25.9 Å². The predicted molar refractivity (Wildman–Crippen MR) is 157 cm³/mol. The number of carbonyl (C=O) groups excluding carboxylic acids is 3. The van der Waals surface area contributed by atoms with Gasteiger partial charge in [-0.1, -0.05) is 37.8 Å². The van der Waals surface area contributed by atoms with E-state index in [0.717, 1.165) is 35.3 Å². The lowest BCUT2D eigenvalue weighted by atomic mass is 9.51. The molecule has 2 aromatic carbocycles. The highest BCUT2D eigenvalue weighted by Crippen LogP contribution is 2.58. The number of ketones is 1. The number of benzene rings is 2. The first-order valence-electron chi connectivity index (χ1n) is 14.1. The van der Waals surface area contributed by atoms with Crippen LogP contribution in [0, 0.1) is 10.8 Å². The molecule has 2 aliphatic rings. The second kappa shape index (κ2) is 11.8. The minimum absolute atomic E-state index is 0.281. The van der Waals surface area contributed by atoms with Crippen LogP contribution in [0.25, 0.3) is 0 Å². The lowest BCUT2D eigenvalue weighted by Crippen LogP contribution is -2.58. The molecule has 40 heavy (non-hydrogen) atoms. The van der Waals surface area contributed by atoms with Crippen LogP contribution in [-0.4, -0.2) is 46.0 Å². The average Bonchev–Trinajstić information content (AvgIpc) is 2.99. The number of esters is 2. The van der Waals surface area contributed by atoms with Crippen molar-refractivity contribution in [3.8, 4) is 0 Å². The summed E-state index contributed by atoms with van der Waals surface area (Å²) in [6, 6.07) is 11.2. The van der Waals surface area contributed by atoms with E-state index < -0.39 is 40.4 Å².